The highest BCUT2D eigenvalue weighted by molar-refractivity contribution is 5.30. The molecule has 0 fully saturated rings. The highest BCUT2D eigenvalue weighted by Crippen LogP contribution is 2.38. The van der Waals surface area contributed by atoms with Gasteiger partial charge in [-0.3, -0.25) is 0 Å². The normalized spacial score (nSPS) is 17.5. The lowest BCUT2D eigenvalue weighted by Crippen LogP contribution is -2.66. The highest BCUT2D eigenvalue weighted by Gasteiger charge is 2.55. The Morgan fingerprint density at radius 3 is 1.32 bits per heavy atom. The van der Waals surface area contributed by atoms with E-state index in [0.717, 1.165) is 12.2 Å². The van der Waals surface area contributed by atoms with E-state index in [2.05, 4.69) is 0 Å². The van der Waals surface area contributed by atoms with Crippen molar-refractivity contribution in [3.63, 3.8) is 0 Å². The molecule has 0 amide bonds. The number of halogens is 10. The molecule has 16 heteroatoms. The zero-order valence-corrected chi connectivity index (χ0v) is 20.2. The van der Waals surface area contributed by atoms with E-state index in [-0.39, 0.29) is 0 Å². The first kappa shape index (κ1) is 33.4. The van der Waals surface area contributed by atoms with E-state index in [1.807, 2.05) is 0 Å². The van der Waals surface area contributed by atoms with Crippen molar-refractivity contribution in [3.8, 4) is 0 Å². The van der Waals surface area contributed by atoms with E-state index >= 15 is 0 Å². The summed E-state index contributed by atoms with van der Waals surface area (Å²) in [5, 5.41) is 62.9. The number of hydrogen-bond donors (Lipinski definition) is 6. The van der Waals surface area contributed by atoms with Crippen molar-refractivity contribution in [1.82, 2.24) is 0 Å². The van der Waals surface area contributed by atoms with Crippen LogP contribution in [0.15, 0.2) is 12.2 Å². The molecule has 0 aliphatic rings. The SMILES string of the molecule is C/C=C/CC(O)(Cc1c(F)c(F)c(F)c(F)c1F)[C@@H](O)[C@@](O)(Cc1c(F)c(F)c(F)c(F)c1F)[C@H](O)[C@@H](O)CO. The Balaban J connectivity index is 2.83. The zero-order chi connectivity index (χ0) is 30.9. The Hall–Kier alpha value is -2.76. The van der Waals surface area contributed by atoms with Crippen molar-refractivity contribution in [2.45, 2.75) is 55.7 Å². The maximum atomic E-state index is 14.4. The van der Waals surface area contributed by atoms with E-state index in [0.29, 0.717) is 0 Å². The maximum absolute atomic E-state index is 14.4. The van der Waals surface area contributed by atoms with E-state index in [1.54, 1.807) is 0 Å². The van der Waals surface area contributed by atoms with Gasteiger partial charge in [0.2, 0.25) is 11.6 Å². The molecule has 0 aromatic heterocycles. The molecule has 2 rings (SSSR count). The second-order valence-electron chi connectivity index (χ2n) is 8.92. The van der Waals surface area contributed by atoms with Gasteiger partial charge in [-0.15, -0.1) is 0 Å². The van der Waals surface area contributed by atoms with Crippen LogP contribution >= 0.6 is 0 Å². The summed E-state index contributed by atoms with van der Waals surface area (Å²) in [6.45, 7) is -0.200. The van der Waals surface area contributed by atoms with Crippen LogP contribution in [0.25, 0.3) is 0 Å². The lowest BCUT2D eigenvalue weighted by Gasteiger charge is -2.46. The molecular weight excluding hydrogens is 574 g/mol. The Kier molecular flexibility index (Phi) is 10.4. The molecule has 5 atom stereocenters. The van der Waals surface area contributed by atoms with Crippen molar-refractivity contribution in [1.29, 1.82) is 0 Å². The van der Waals surface area contributed by atoms with Crippen LogP contribution in [0.3, 0.4) is 0 Å². The third kappa shape index (κ3) is 5.82. The molecule has 6 N–H and O–H groups in total. The standard InChI is InChI=1S/C24H22F10O6/c1-2-3-4-23(39,5-8-11(25)15(29)19(33)16(30)12(8)26)22(38)24(40,21(37)10(36)7-35)6-9-13(27)17(31)20(34)18(32)14(9)28/h2-3,10,21-22,35-40H,4-7H2,1H3/b3-2+/t10-,21+,22+,23?,24+/m0/s1. The van der Waals surface area contributed by atoms with Crippen molar-refractivity contribution in [2.75, 3.05) is 6.61 Å². The number of benzene rings is 2. The van der Waals surface area contributed by atoms with Crippen LogP contribution in [0.5, 0.6) is 0 Å². The molecule has 2 aromatic rings. The van der Waals surface area contributed by atoms with Gasteiger partial charge in [0.25, 0.3) is 0 Å². The Labute approximate surface area is 219 Å². The molecule has 0 aliphatic carbocycles. The second kappa shape index (κ2) is 12.4. The van der Waals surface area contributed by atoms with Crippen LogP contribution in [-0.2, 0) is 12.8 Å². The summed E-state index contributed by atoms with van der Waals surface area (Å²) in [6, 6.07) is 0. The maximum Gasteiger partial charge on any atom is 0.200 e. The quantitative estimate of drug-likeness (QED) is 0.103. The van der Waals surface area contributed by atoms with E-state index in [9.17, 15) is 74.5 Å². The first-order valence-electron chi connectivity index (χ1n) is 11.1. The van der Waals surface area contributed by atoms with Gasteiger partial charge in [0.05, 0.1) is 6.61 Å². The van der Waals surface area contributed by atoms with Crippen molar-refractivity contribution in [2.24, 2.45) is 0 Å². The predicted octanol–water partition coefficient (Wildman–Crippen LogP) is 2.37. The molecule has 0 saturated carbocycles. The number of aliphatic hydroxyl groups is 6. The van der Waals surface area contributed by atoms with Crippen LogP contribution in [-0.4, -0.2) is 66.8 Å². The predicted molar refractivity (Wildman–Crippen MR) is 114 cm³/mol. The molecule has 0 heterocycles. The molecule has 0 radical (unpaired) electrons. The number of allylic oxidation sites excluding steroid dienone is 1. The van der Waals surface area contributed by atoms with Gasteiger partial charge < -0.3 is 30.6 Å². The number of rotatable bonds is 11. The Morgan fingerprint density at radius 2 is 0.975 bits per heavy atom. The lowest BCUT2D eigenvalue weighted by atomic mass is 9.71. The van der Waals surface area contributed by atoms with Gasteiger partial charge in [-0.05, 0) is 13.3 Å². The summed E-state index contributed by atoms with van der Waals surface area (Å²) in [6.07, 6.45) is -11.6. The van der Waals surface area contributed by atoms with Crippen molar-refractivity contribution < 1.29 is 74.5 Å². The molecule has 40 heavy (non-hydrogen) atoms. The smallest absolute Gasteiger partial charge is 0.200 e. The number of aliphatic hydroxyl groups excluding tert-OH is 4. The van der Waals surface area contributed by atoms with Crippen LogP contribution in [0.4, 0.5) is 43.9 Å². The summed E-state index contributed by atoms with van der Waals surface area (Å²) in [7, 11) is 0. The van der Waals surface area contributed by atoms with Crippen LogP contribution in [0.2, 0.25) is 0 Å². The van der Waals surface area contributed by atoms with Crippen LogP contribution < -0.4 is 0 Å². The highest BCUT2D eigenvalue weighted by atomic mass is 19.2. The summed E-state index contributed by atoms with van der Waals surface area (Å²) in [5.41, 5.74) is -10.9. The minimum Gasteiger partial charge on any atom is -0.394 e. The van der Waals surface area contributed by atoms with Gasteiger partial charge in [-0.2, -0.15) is 0 Å². The third-order valence-corrected chi connectivity index (χ3v) is 6.30. The first-order valence-corrected chi connectivity index (χ1v) is 11.1. The molecule has 2 aromatic carbocycles. The summed E-state index contributed by atoms with van der Waals surface area (Å²) in [4.78, 5) is 0. The third-order valence-electron chi connectivity index (χ3n) is 6.30. The summed E-state index contributed by atoms with van der Waals surface area (Å²) in [5.74, 6) is -25.5. The molecule has 224 valence electrons. The topological polar surface area (TPSA) is 121 Å². The largest absolute Gasteiger partial charge is 0.394 e. The summed E-state index contributed by atoms with van der Waals surface area (Å²) < 4.78 is 140. The fourth-order valence-corrected chi connectivity index (χ4v) is 4.06. The van der Waals surface area contributed by atoms with E-state index < -0.39 is 125 Å². The van der Waals surface area contributed by atoms with Gasteiger partial charge in [-0.1, -0.05) is 12.2 Å². The van der Waals surface area contributed by atoms with Gasteiger partial charge in [0.1, 0.15) is 29.5 Å². The zero-order valence-electron chi connectivity index (χ0n) is 20.2. The molecule has 0 saturated heterocycles. The average Bonchev–Trinajstić information content (AvgIpc) is 2.94. The van der Waals surface area contributed by atoms with Crippen LogP contribution in [0, 0.1) is 58.2 Å². The van der Waals surface area contributed by atoms with Gasteiger partial charge >= 0.3 is 0 Å². The monoisotopic (exact) mass is 596 g/mol. The second-order valence-corrected chi connectivity index (χ2v) is 8.92. The molecular formula is C24H22F10O6. The molecule has 0 bridgehead atoms. The van der Waals surface area contributed by atoms with Crippen LogP contribution in [0.1, 0.15) is 24.5 Å². The van der Waals surface area contributed by atoms with Crippen molar-refractivity contribution in [3.05, 3.63) is 81.5 Å². The molecule has 0 aliphatic heterocycles. The van der Waals surface area contributed by atoms with E-state index in [4.69, 9.17) is 0 Å². The Morgan fingerprint density at radius 1 is 0.625 bits per heavy atom. The Bertz CT molecular complexity index is 1230. The van der Waals surface area contributed by atoms with Gasteiger partial charge in [-0.25, -0.2) is 43.9 Å². The molecule has 6 nitrogen and oxygen atoms in total. The van der Waals surface area contributed by atoms with Gasteiger partial charge in [0.15, 0.2) is 46.5 Å². The van der Waals surface area contributed by atoms with Gasteiger partial charge in [0, 0.05) is 24.0 Å². The van der Waals surface area contributed by atoms with Crippen molar-refractivity contribution >= 4 is 0 Å². The fourth-order valence-electron chi connectivity index (χ4n) is 4.06. The first-order chi connectivity index (χ1) is 18.4. The number of hydrogen-bond acceptors (Lipinski definition) is 6. The molecule has 0 spiro atoms. The molecule has 1 unspecified atom stereocenters. The average molecular weight is 596 g/mol. The minimum absolute atomic E-state index is 0.906. The van der Waals surface area contributed by atoms with E-state index in [1.165, 1.54) is 6.92 Å². The lowest BCUT2D eigenvalue weighted by molar-refractivity contribution is -0.228. The summed E-state index contributed by atoms with van der Waals surface area (Å²) >= 11 is 0. The minimum atomic E-state index is -3.83. The fraction of sp³-hybridized carbons (Fsp3) is 0.417.